The Morgan fingerprint density at radius 1 is 1.75 bits per heavy atom. The molecule has 1 atom stereocenters. The summed E-state index contributed by atoms with van der Waals surface area (Å²) in [6.45, 7) is 4.72. The van der Waals surface area contributed by atoms with Crippen LogP contribution in [0.2, 0.25) is 0 Å². The van der Waals surface area contributed by atoms with Gasteiger partial charge in [0.25, 0.3) is 0 Å². The summed E-state index contributed by atoms with van der Waals surface area (Å²) in [6, 6.07) is 0. The van der Waals surface area contributed by atoms with Gasteiger partial charge in [0.2, 0.25) is 5.95 Å². The standard InChI is InChI=1S/C8H13N3O/c1-7-6-11(4-5-12-7)8-9-2-3-10-8/h2-3,7H,4-6H2,1H3,(H,9,10). The average molecular weight is 167 g/mol. The van der Waals surface area contributed by atoms with Crippen molar-refractivity contribution in [3.8, 4) is 0 Å². The molecule has 2 rings (SSSR count). The third kappa shape index (κ3) is 1.43. The predicted molar refractivity (Wildman–Crippen MR) is 46.2 cm³/mol. The number of hydrogen-bond donors (Lipinski definition) is 1. The van der Waals surface area contributed by atoms with Crippen molar-refractivity contribution < 1.29 is 4.74 Å². The Labute approximate surface area is 71.6 Å². The van der Waals surface area contributed by atoms with Gasteiger partial charge in [-0.1, -0.05) is 0 Å². The first kappa shape index (κ1) is 7.61. The summed E-state index contributed by atoms with van der Waals surface area (Å²) < 4.78 is 5.42. The number of rotatable bonds is 1. The summed E-state index contributed by atoms with van der Waals surface area (Å²) in [7, 11) is 0. The summed E-state index contributed by atoms with van der Waals surface area (Å²) in [6.07, 6.45) is 3.93. The second-order valence-electron chi connectivity index (χ2n) is 3.04. The predicted octanol–water partition coefficient (Wildman–Crippen LogP) is 0.635. The molecule has 1 N–H and O–H groups in total. The molecule has 0 aliphatic carbocycles. The minimum atomic E-state index is 0.309. The van der Waals surface area contributed by atoms with Gasteiger partial charge in [-0.15, -0.1) is 0 Å². The second kappa shape index (κ2) is 3.15. The molecule has 1 saturated heterocycles. The van der Waals surface area contributed by atoms with E-state index < -0.39 is 0 Å². The van der Waals surface area contributed by atoms with E-state index in [4.69, 9.17) is 4.74 Å². The van der Waals surface area contributed by atoms with Crippen LogP contribution in [0.5, 0.6) is 0 Å². The van der Waals surface area contributed by atoms with Crippen LogP contribution in [-0.2, 0) is 4.74 Å². The van der Waals surface area contributed by atoms with Gasteiger partial charge in [-0.25, -0.2) is 4.98 Å². The highest BCUT2D eigenvalue weighted by atomic mass is 16.5. The fourth-order valence-corrected chi connectivity index (χ4v) is 1.44. The Morgan fingerprint density at radius 2 is 2.67 bits per heavy atom. The molecule has 2 heterocycles. The van der Waals surface area contributed by atoms with Crippen LogP contribution in [-0.4, -0.2) is 35.8 Å². The first-order chi connectivity index (χ1) is 5.86. The van der Waals surface area contributed by atoms with Crippen molar-refractivity contribution in [2.75, 3.05) is 24.6 Å². The Bertz CT molecular complexity index is 234. The number of ether oxygens (including phenoxy) is 1. The van der Waals surface area contributed by atoms with Gasteiger partial charge in [0.1, 0.15) is 0 Å². The third-order valence-electron chi connectivity index (χ3n) is 2.02. The zero-order valence-corrected chi connectivity index (χ0v) is 7.16. The lowest BCUT2D eigenvalue weighted by molar-refractivity contribution is 0.0527. The number of aromatic amines is 1. The fourth-order valence-electron chi connectivity index (χ4n) is 1.44. The van der Waals surface area contributed by atoms with Crippen LogP contribution in [0.4, 0.5) is 5.95 Å². The van der Waals surface area contributed by atoms with Crippen molar-refractivity contribution in [2.45, 2.75) is 13.0 Å². The van der Waals surface area contributed by atoms with Crippen molar-refractivity contribution >= 4 is 5.95 Å². The molecule has 12 heavy (non-hydrogen) atoms. The van der Waals surface area contributed by atoms with Gasteiger partial charge < -0.3 is 14.6 Å². The molecule has 4 heteroatoms. The highest BCUT2D eigenvalue weighted by Gasteiger charge is 2.17. The van der Waals surface area contributed by atoms with Crippen LogP contribution < -0.4 is 4.90 Å². The highest BCUT2D eigenvalue weighted by Crippen LogP contribution is 2.11. The van der Waals surface area contributed by atoms with Gasteiger partial charge in [-0.2, -0.15) is 0 Å². The molecule has 1 aliphatic heterocycles. The van der Waals surface area contributed by atoms with Crippen LogP contribution in [0.25, 0.3) is 0 Å². The first-order valence-electron chi connectivity index (χ1n) is 4.22. The van der Waals surface area contributed by atoms with Gasteiger partial charge in [0.15, 0.2) is 0 Å². The maximum atomic E-state index is 5.42. The van der Waals surface area contributed by atoms with Gasteiger partial charge >= 0.3 is 0 Å². The van der Waals surface area contributed by atoms with Gasteiger partial charge in [-0.05, 0) is 6.92 Å². The summed E-state index contributed by atoms with van der Waals surface area (Å²) in [5.74, 6) is 0.949. The van der Waals surface area contributed by atoms with E-state index in [2.05, 4.69) is 21.8 Å². The Hall–Kier alpha value is -1.03. The van der Waals surface area contributed by atoms with E-state index in [-0.39, 0.29) is 0 Å². The molecule has 0 aromatic carbocycles. The maximum absolute atomic E-state index is 5.42. The first-order valence-corrected chi connectivity index (χ1v) is 4.22. The molecule has 1 fully saturated rings. The quantitative estimate of drug-likeness (QED) is 0.667. The van der Waals surface area contributed by atoms with Gasteiger partial charge in [0, 0.05) is 25.5 Å². The summed E-state index contributed by atoms with van der Waals surface area (Å²) in [5, 5.41) is 0. The number of H-pyrrole nitrogens is 1. The van der Waals surface area contributed by atoms with Crippen molar-refractivity contribution in [3.05, 3.63) is 12.4 Å². The van der Waals surface area contributed by atoms with E-state index >= 15 is 0 Å². The average Bonchev–Trinajstić information content (AvgIpc) is 2.56. The van der Waals surface area contributed by atoms with Crippen LogP contribution in [0.1, 0.15) is 6.92 Å². The topological polar surface area (TPSA) is 41.2 Å². The van der Waals surface area contributed by atoms with E-state index in [1.807, 2.05) is 6.20 Å². The minimum Gasteiger partial charge on any atom is -0.375 e. The Morgan fingerprint density at radius 3 is 3.33 bits per heavy atom. The Balaban J connectivity index is 2.04. The number of morpholine rings is 1. The molecule has 1 aromatic rings. The van der Waals surface area contributed by atoms with E-state index in [0.717, 1.165) is 25.6 Å². The monoisotopic (exact) mass is 167 g/mol. The van der Waals surface area contributed by atoms with E-state index in [1.54, 1.807) is 6.20 Å². The second-order valence-corrected chi connectivity index (χ2v) is 3.04. The smallest absolute Gasteiger partial charge is 0.202 e. The van der Waals surface area contributed by atoms with E-state index in [1.165, 1.54) is 0 Å². The van der Waals surface area contributed by atoms with Crippen molar-refractivity contribution in [3.63, 3.8) is 0 Å². The van der Waals surface area contributed by atoms with Gasteiger partial charge in [0.05, 0.1) is 12.7 Å². The normalized spacial score (nSPS) is 24.4. The number of nitrogens with one attached hydrogen (secondary N) is 1. The lowest BCUT2D eigenvalue weighted by atomic mass is 10.3. The largest absolute Gasteiger partial charge is 0.375 e. The van der Waals surface area contributed by atoms with Crippen molar-refractivity contribution in [2.24, 2.45) is 0 Å². The molecule has 1 aromatic heterocycles. The number of anilines is 1. The molecule has 66 valence electrons. The van der Waals surface area contributed by atoms with Crippen LogP contribution in [0.3, 0.4) is 0 Å². The molecule has 1 unspecified atom stereocenters. The van der Waals surface area contributed by atoms with E-state index in [9.17, 15) is 0 Å². The van der Waals surface area contributed by atoms with Crippen LogP contribution >= 0.6 is 0 Å². The molecule has 4 nitrogen and oxygen atoms in total. The molecule has 0 amide bonds. The van der Waals surface area contributed by atoms with Crippen LogP contribution in [0, 0.1) is 0 Å². The maximum Gasteiger partial charge on any atom is 0.202 e. The number of nitrogens with zero attached hydrogens (tertiary/aromatic N) is 2. The van der Waals surface area contributed by atoms with Crippen LogP contribution in [0.15, 0.2) is 12.4 Å². The summed E-state index contributed by atoms with van der Waals surface area (Å²) in [5.41, 5.74) is 0. The molecule has 0 spiro atoms. The summed E-state index contributed by atoms with van der Waals surface area (Å²) in [4.78, 5) is 9.48. The zero-order chi connectivity index (χ0) is 8.39. The molecule has 0 bridgehead atoms. The van der Waals surface area contributed by atoms with Gasteiger partial charge in [-0.3, -0.25) is 0 Å². The zero-order valence-electron chi connectivity index (χ0n) is 7.16. The minimum absolute atomic E-state index is 0.309. The highest BCUT2D eigenvalue weighted by molar-refractivity contribution is 5.29. The lowest BCUT2D eigenvalue weighted by Gasteiger charge is -2.30. The summed E-state index contributed by atoms with van der Waals surface area (Å²) >= 11 is 0. The van der Waals surface area contributed by atoms with Crippen molar-refractivity contribution in [1.29, 1.82) is 0 Å². The molecule has 0 saturated carbocycles. The SMILES string of the molecule is CC1CN(c2ncc[nH]2)CCO1. The van der Waals surface area contributed by atoms with Crippen molar-refractivity contribution in [1.82, 2.24) is 9.97 Å². The number of hydrogen-bond acceptors (Lipinski definition) is 3. The number of aromatic nitrogens is 2. The van der Waals surface area contributed by atoms with E-state index in [0.29, 0.717) is 6.10 Å². The molecule has 0 radical (unpaired) electrons. The molecule has 1 aliphatic rings. The fraction of sp³-hybridized carbons (Fsp3) is 0.625. The lowest BCUT2D eigenvalue weighted by Crippen LogP contribution is -2.41. The third-order valence-corrected chi connectivity index (χ3v) is 2.02. The molecular formula is C8H13N3O. The Kier molecular flexibility index (Phi) is 1.99. The number of imidazole rings is 1. The molecular weight excluding hydrogens is 154 g/mol.